The number of rotatable bonds is 8. The molecule has 0 atom stereocenters. The zero-order valence-electron chi connectivity index (χ0n) is 17.1. The summed E-state index contributed by atoms with van der Waals surface area (Å²) in [7, 11) is 0. The van der Waals surface area contributed by atoms with Gasteiger partial charge in [-0.25, -0.2) is 0 Å². The van der Waals surface area contributed by atoms with Gasteiger partial charge in [-0.2, -0.15) is 0 Å². The minimum Gasteiger partial charge on any atom is -0.325 e. The van der Waals surface area contributed by atoms with E-state index in [0.29, 0.717) is 28.1 Å². The number of aromatic nitrogens is 3. The van der Waals surface area contributed by atoms with E-state index in [0.717, 1.165) is 16.8 Å². The number of ketones is 1. The Hall–Kier alpha value is -2.64. The number of nitrogens with one attached hydrogen (secondary N) is 1. The van der Waals surface area contributed by atoms with E-state index < -0.39 is 0 Å². The second-order valence-electron chi connectivity index (χ2n) is 6.83. The van der Waals surface area contributed by atoms with E-state index in [1.54, 1.807) is 24.3 Å². The molecule has 3 rings (SSSR count). The summed E-state index contributed by atoms with van der Waals surface area (Å²) in [6.45, 7) is 6.55. The first kappa shape index (κ1) is 22.1. The molecule has 0 radical (unpaired) electrons. The number of nitrogens with zero attached hydrogens (tertiary/aromatic N) is 3. The largest absolute Gasteiger partial charge is 0.325 e. The Labute approximate surface area is 185 Å². The third-order valence-electron chi connectivity index (χ3n) is 4.81. The highest BCUT2D eigenvalue weighted by Gasteiger charge is 2.17. The SMILES string of the molecule is CCn1c(CC(=O)Nc2cccc(C)c2C)nnc1SCC(=O)c1ccc(Cl)cc1. The molecule has 0 fully saturated rings. The molecule has 1 aromatic heterocycles. The van der Waals surface area contributed by atoms with Gasteiger partial charge in [-0.15, -0.1) is 10.2 Å². The van der Waals surface area contributed by atoms with E-state index >= 15 is 0 Å². The zero-order valence-corrected chi connectivity index (χ0v) is 18.7. The van der Waals surface area contributed by atoms with Crippen LogP contribution in [0.4, 0.5) is 5.69 Å². The smallest absolute Gasteiger partial charge is 0.232 e. The van der Waals surface area contributed by atoms with Crippen LogP contribution in [0.3, 0.4) is 0 Å². The number of aryl methyl sites for hydroxylation is 1. The average Bonchev–Trinajstić information content (AvgIpc) is 3.11. The molecule has 0 saturated carbocycles. The second kappa shape index (κ2) is 9.91. The lowest BCUT2D eigenvalue weighted by Gasteiger charge is -2.11. The van der Waals surface area contributed by atoms with Crippen molar-refractivity contribution in [1.29, 1.82) is 0 Å². The number of thioether (sulfide) groups is 1. The molecule has 1 N–H and O–H groups in total. The highest BCUT2D eigenvalue weighted by Crippen LogP contribution is 2.21. The maximum Gasteiger partial charge on any atom is 0.232 e. The van der Waals surface area contributed by atoms with Gasteiger partial charge in [0.2, 0.25) is 5.91 Å². The van der Waals surface area contributed by atoms with Crippen molar-refractivity contribution in [2.75, 3.05) is 11.1 Å². The van der Waals surface area contributed by atoms with Gasteiger partial charge >= 0.3 is 0 Å². The fourth-order valence-corrected chi connectivity index (χ4v) is 3.99. The summed E-state index contributed by atoms with van der Waals surface area (Å²) in [6.07, 6.45) is 0.111. The van der Waals surface area contributed by atoms with Gasteiger partial charge in [-0.1, -0.05) is 35.5 Å². The molecule has 0 aliphatic heterocycles. The van der Waals surface area contributed by atoms with Gasteiger partial charge in [-0.3, -0.25) is 9.59 Å². The molecular formula is C22H23ClN4O2S. The highest BCUT2D eigenvalue weighted by atomic mass is 35.5. The molecule has 0 bridgehead atoms. The number of anilines is 1. The lowest BCUT2D eigenvalue weighted by molar-refractivity contribution is -0.115. The van der Waals surface area contributed by atoms with Crippen LogP contribution in [-0.4, -0.2) is 32.2 Å². The predicted octanol–water partition coefficient (Wildman–Crippen LogP) is 4.72. The number of carbonyl (C=O) groups excluding carboxylic acids is 2. The number of carbonyl (C=O) groups is 2. The third kappa shape index (κ3) is 5.29. The van der Waals surface area contributed by atoms with E-state index in [9.17, 15) is 9.59 Å². The van der Waals surface area contributed by atoms with E-state index in [1.165, 1.54) is 11.8 Å². The normalized spacial score (nSPS) is 10.8. The summed E-state index contributed by atoms with van der Waals surface area (Å²) in [5.74, 6) is 0.631. The summed E-state index contributed by atoms with van der Waals surface area (Å²) < 4.78 is 1.86. The van der Waals surface area contributed by atoms with Crippen LogP contribution in [0.2, 0.25) is 5.02 Å². The number of halogens is 1. The van der Waals surface area contributed by atoms with Crippen molar-refractivity contribution in [3.63, 3.8) is 0 Å². The van der Waals surface area contributed by atoms with Gasteiger partial charge < -0.3 is 9.88 Å². The monoisotopic (exact) mass is 442 g/mol. The van der Waals surface area contributed by atoms with Crippen LogP contribution in [0.25, 0.3) is 0 Å². The minimum absolute atomic E-state index is 0.0171. The van der Waals surface area contributed by atoms with E-state index in [4.69, 9.17) is 11.6 Å². The second-order valence-corrected chi connectivity index (χ2v) is 8.21. The van der Waals surface area contributed by atoms with Crippen molar-refractivity contribution >= 4 is 40.7 Å². The molecule has 0 unspecified atom stereocenters. The van der Waals surface area contributed by atoms with E-state index in [2.05, 4.69) is 15.5 Å². The molecule has 2 aromatic carbocycles. The number of Topliss-reactive ketones (excluding diaryl/α,β-unsaturated/α-hetero) is 1. The number of benzene rings is 2. The van der Waals surface area contributed by atoms with Crippen LogP contribution in [0, 0.1) is 13.8 Å². The Kier molecular flexibility index (Phi) is 7.29. The van der Waals surface area contributed by atoms with Gasteiger partial charge in [0, 0.05) is 22.8 Å². The van der Waals surface area contributed by atoms with Crippen LogP contribution < -0.4 is 5.32 Å². The fraction of sp³-hybridized carbons (Fsp3) is 0.273. The molecular weight excluding hydrogens is 420 g/mol. The van der Waals surface area contributed by atoms with Gasteiger partial charge in [0.15, 0.2) is 10.9 Å². The van der Waals surface area contributed by atoms with Crippen LogP contribution in [0.15, 0.2) is 47.6 Å². The lowest BCUT2D eigenvalue weighted by atomic mass is 10.1. The van der Waals surface area contributed by atoms with Crippen molar-refractivity contribution in [3.8, 4) is 0 Å². The number of hydrogen-bond acceptors (Lipinski definition) is 5. The maximum atomic E-state index is 12.5. The molecule has 6 nitrogen and oxygen atoms in total. The summed E-state index contributed by atoms with van der Waals surface area (Å²) >= 11 is 7.18. The summed E-state index contributed by atoms with van der Waals surface area (Å²) in [5.41, 5.74) is 3.56. The Balaban J connectivity index is 1.64. The number of hydrogen-bond donors (Lipinski definition) is 1. The van der Waals surface area contributed by atoms with Crippen LogP contribution in [-0.2, 0) is 17.8 Å². The zero-order chi connectivity index (χ0) is 21.7. The molecule has 156 valence electrons. The van der Waals surface area contributed by atoms with Gasteiger partial charge in [0.1, 0.15) is 5.82 Å². The quantitative estimate of drug-likeness (QED) is 0.403. The van der Waals surface area contributed by atoms with Crippen molar-refractivity contribution in [3.05, 3.63) is 70.0 Å². The molecule has 30 heavy (non-hydrogen) atoms. The molecule has 0 aliphatic rings. The van der Waals surface area contributed by atoms with Crippen LogP contribution in [0.5, 0.6) is 0 Å². The van der Waals surface area contributed by atoms with Crippen molar-refractivity contribution in [1.82, 2.24) is 14.8 Å². The van der Waals surface area contributed by atoms with Gasteiger partial charge in [0.05, 0.1) is 12.2 Å². The summed E-state index contributed by atoms with van der Waals surface area (Å²) in [4.78, 5) is 24.9. The molecule has 0 saturated heterocycles. The molecule has 3 aromatic rings. The first-order chi connectivity index (χ1) is 14.4. The van der Waals surface area contributed by atoms with Gasteiger partial charge in [-0.05, 0) is 62.2 Å². The lowest BCUT2D eigenvalue weighted by Crippen LogP contribution is -2.18. The topological polar surface area (TPSA) is 76.9 Å². The highest BCUT2D eigenvalue weighted by molar-refractivity contribution is 7.99. The van der Waals surface area contributed by atoms with Crippen molar-refractivity contribution in [2.24, 2.45) is 0 Å². The fourth-order valence-electron chi connectivity index (χ4n) is 2.95. The summed E-state index contributed by atoms with van der Waals surface area (Å²) in [6, 6.07) is 12.6. The average molecular weight is 443 g/mol. The Bertz CT molecular complexity index is 1060. The predicted molar refractivity (Wildman–Crippen MR) is 120 cm³/mol. The standard InChI is InChI=1S/C22H23ClN4O2S/c1-4-27-20(12-21(29)24-18-7-5-6-14(2)15(18)3)25-26-22(27)30-13-19(28)16-8-10-17(23)11-9-16/h5-11H,4,12-13H2,1-3H3,(H,24,29). The van der Waals surface area contributed by atoms with E-state index in [-0.39, 0.29) is 23.9 Å². The number of amides is 1. The third-order valence-corrected chi connectivity index (χ3v) is 6.02. The Morgan fingerprint density at radius 3 is 2.53 bits per heavy atom. The maximum absolute atomic E-state index is 12.5. The molecule has 8 heteroatoms. The van der Waals surface area contributed by atoms with Gasteiger partial charge in [0.25, 0.3) is 0 Å². The van der Waals surface area contributed by atoms with E-state index in [1.807, 2.05) is 43.5 Å². The Morgan fingerprint density at radius 1 is 1.10 bits per heavy atom. The summed E-state index contributed by atoms with van der Waals surface area (Å²) in [5, 5.41) is 12.5. The Morgan fingerprint density at radius 2 is 1.83 bits per heavy atom. The molecule has 0 spiro atoms. The molecule has 1 heterocycles. The van der Waals surface area contributed by atoms with Crippen LogP contribution in [0.1, 0.15) is 34.2 Å². The minimum atomic E-state index is -0.153. The van der Waals surface area contributed by atoms with Crippen molar-refractivity contribution < 1.29 is 9.59 Å². The van der Waals surface area contributed by atoms with Crippen LogP contribution >= 0.6 is 23.4 Å². The molecule has 1 amide bonds. The first-order valence-corrected chi connectivity index (χ1v) is 10.9. The van der Waals surface area contributed by atoms with Crippen molar-refractivity contribution in [2.45, 2.75) is 38.9 Å². The molecule has 0 aliphatic carbocycles. The first-order valence-electron chi connectivity index (χ1n) is 9.58.